The van der Waals surface area contributed by atoms with Crippen molar-refractivity contribution in [3.8, 4) is 0 Å². The highest BCUT2D eigenvalue weighted by molar-refractivity contribution is 5.85. The lowest BCUT2D eigenvalue weighted by Gasteiger charge is -2.61. The molecule has 4 saturated carbocycles. The van der Waals surface area contributed by atoms with E-state index in [1.807, 2.05) is 0 Å². The van der Waals surface area contributed by atoms with Crippen molar-refractivity contribution in [3.63, 3.8) is 0 Å². The van der Waals surface area contributed by atoms with Gasteiger partial charge < -0.3 is 10.4 Å². The highest BCUT2D eigenvalue weighted by Crippen LogP contribution is 2.66. The summed E-state index contributed by atoms with van der Waals surface area (Å²) in [7, 11) is 2.17. The Bertz CT molecular complexity index is 443. The fourth-order valence-electron chi connectivity index (χ4n) is 7.71. The number of halogens is 1. The zero-order valence-electron chi connectivity index (χ0n) is 15.2. The third-order valence-corrected chi connectivity index (χ3v) is 8.99. The van der Waals surface area contributed by atoms with Crippen molar-refractivity contribution in [3.05, 3.63) is 0 Å². The molecule has 0 bridgehead atoms. The van der Waals surface area contributed by atoms with Gasteiger partial charge in [0.15, 0.2) is 0 Å². The maximum absolute atomic E-state index is 10.1. The van der Waals surface area contributed by atoms with E-state index in [4.69, 9.17) is 0 Å². The summed E-state index contributed by atoms with van der Waals surface area (Å²) in [4.78, 5) is 0. The number of rotatable bonds is 1. The quantitative estimate of drug-likeness (QED) is 0.740. The molecule has 23 heavy (non-hydrogen) atoms. The van der Waals surface area contributed by atoms with Crippen molar-refractivity contribution < 1.29 is 5.11 Å². The zero-order chi connectivity index (χ0) is 15.5. The summed E-state index contributed by atoms with van der Waals surface area (Å²) in [5, 5.41) is 13.7. The first-order chi connectivity index (χ1) is 10.5. The number of nitrogens with one attached hydrogen (secondary N) is 1. The first-order valence-corrected chi connectivity index (χ1v) is 9.84. The summed E-state index contributed by atoms with van der Waals surface area (Å²) in [5.74, 6) is 3.65. The summed E-state index contributed by atoms with van der Waals surface area (Å²) in [6.45, 7) is 5.18. The first kappa shape index (κ1) is 18.0. The van der Waals surface area contributed by atoms with Crippen LogP contribution in [0.1, 0.15) is 71.6 Å². The molecule has 4 fully saturated rings. The Morgan fingerprint density at radius 3 is 2.30 bits per heavy atom. The molecule has 2 nitrogen and oxygen atoms in total. The average Bonchev–Trinajstić information content (AvgIpc) is 2.84. The summed E-state index contributed by atoms with van der Waals surface area (Å²) >= 11 is 0. The lowest BCUT2D eigenvalue weighted by atomic mass is 9.45. The van der Waals surface area contributed by atoms with Crippen molar-refractivity contribution in [2.45, 2.75) is 83.8 Å². The fourth-order valence-corrected chi connectivity index (χ4v) is 7.71. The number of aliphatic hydroxyl groups is 1. The van der Waals surface area contributed by atoms with Gasteiger partial charge >= 0.3 is 0 Å². The molecular weight excluding hydrogens is 306 g/mol. The Kier molecular flexibility index (Phi) is 4.84. The molecule has 0 aromatic rings. The normalized spacial score (nSPS) is 55.3. The van der Waals surface area contributed by atoms with E-state index in [0.717, 1.165) is 42.6 Å². The van der Waals surface area contributed by atoms with Crippen molar-refractivity contribution in [1.29, 1.82) is 0 Å². The largest absolute Gasteiger partial charge is 0.393 e. The molecule has 2 N–H and O–H groups in total. The van der Waals surface area contributed by atoms with Gasteiger partial charge in [-0.05, 0) is 99.3 Å². The molecule has 0 aromatic carbocycles. The molecule has 0 saturated heterocycles. The molecule has 3 unspecified atom stereocenters. The molecular formula is C20H36ClNO. The minimum absolute atomic E-state index is 0. The van der Waals surface area contributed by atoms with Gasteiger partial charge in [0.05, 0.1) is 6.10 Å². The third-order valence-electron chi connectivity index (χ3n) is 8.99. The lowest BCUT2D eigenvalue weighted by Crippen LogP contribution is -2.55. The monoisotopic (exact) mass is 341 g/mol. The topological polar surface area (TPSA) is 32.3 Å². The molecule has 0 aromatic heterocycles. The van der Waals surface area contributed by atoms with Crippen molar-refractivity contribution >= 4 is 12.4 Å². The van der Waals surface area contributed by atoms with Gasteiger partial charge in [-0.2, -0.15) is 0 Å². The summed E-state index contributed by atoms with van der Waals surface area (Å²) in [6, 6.07) is 0.747. The second kappa shape index (κ2) is 6.18. The van der Waals surface area contributed by atoms with Gasteiger partial charge in [-0.1, -0.05) is 13.8 Å². The van der Waals surface area contributed by atoms with E-state index in [0.29, 0.717) is 10.8 Å². The smallest absolute Gasteiger partial charge is 0.0543 e. The number of aliphatic hydroxyl groups excluding tert-OH is 1. The Hall–Kier alpha value is 0.210. The fraction of sp³-hybridized carbons (Fsp3) is 1.00. The van der Waals surface area contributed by atoms with Crippen LogP contribution < -0.4 is 5.32 Å². The molecule has 4 aliphatic carbocycles. The van der Waals surface area contributed by atoms with Crippen molar-refractivity contribution in [2.24, 2.45) is 34.5 Å². The second-order valence-corrected chi connectivity index (χ2v) is 9.55. The van der Waals surface area contributed by atoms with Gasteiger partial charge in [-0.15, -0.1) is 12.4 Å². The minimum Gasteiger partial charge on any atom is -0.393 e. The van der Waals surface area contributed by atoms with Gasteiger partial charge in [-0.3, -0.25) is 0 Å². The molecule has 4 rings (SSSR count). The zero-order valence-corrected chi connectivity index (χ0v) is 16.0. The maximum Gasteiger partial charge on any atom is 0.0543 e. The van der Waals surface area contributed by atoms with Crippen LogP contribution in [0, 0.1) is 34.5 Å². The predicted octanol–water partition coefficient (Wildman–Crippen LogP) is 4.40. The summed E-state index contributed by atoms with van der Waals surface area (Å²) in [5.41, 5.74) is 1.08. The SMILES string of the molecule is CN[C@@H]1CCC2C3CC[C@H]4C[C@H](O)CC[C@]4(C)C3CC[C@@]21C.Cl. The van der Waals surface area contributed by atoms with Crippen molar-refractivity contribution in [2.75, 3.05) is 7.05 Å². The summed E-state index contributed by atoms with van der Waals surface area (Å²) < 4.78 is 0. The van der Waals surface area contributed by atoms with E-state index in [1.165, 1.54) is 44.9 Å². The molecule has 0 spiro atoms. The Morgan fingerprint density at radius 2 is 1.57 bits per heavy atom. The molecule has 0 amide bonds. The first-order valence-electron chi connectivity index (χ1n) is 9.84. The van der Waals surface area contributed by atoms with Gasteiger partial charge in [0.2, 0.25) is 0 Å². The average molecular weight is 342 g/mol. The molecule has 8 atom stereocenters. The van der Waals surface area contributed by atoms with Gasteiger partial charge in [0, 0.05) is 6.04 Å². The molecule has 0 aliphatic heterocycles. The molecule has 0 heterocycles. The summed E-state index contributed by atoms with van der Waals surface area (Å²) in [6.07, 6.45) is 11.9. The van der Waals surface area contributed by atoms with Gasteiger partial charge in [0.1, 0.15) is 0 Å². The highest BCUT2D eigenvalue weighted by Gasteiger charge is 2.59. The number of fused-ring (bicyclic) bond motifs is 5. The van der Waals surface area contributed by atoms with E-state index in [2.05, 4.69) is 26.2 Å². The van der Waals surface area contributed by atoms with Gasteiger partial charge in [0.25, 0.3) is 0 Å². The molecule has 3 heteroatoms. The van der Waals surface area contributed by atoms with Crippen LogP contribution in [-0.4, -0.2) is 24.3 Å². The highest BCUT2D eigenvalue weighted by atomic mass is 35.5. The van der Waals surface area contributed by atoms with Crippen LogP contribution in [0.4, 0.5) is 0 Å². The number of hydrogen-bond acceptors (Lipinski definition) is 2. The van der Waals surface area contributed by atoms with E-state index in [1.54, 1.807) is 0 Å². The Balaban J connectivity index is 0.00000156. The van der Waals surface area contributed by atoms with Crippen molar-refractivity contribution in [1.82, 2.24) is 5.32 Å². The molecule has 4 aliphatic rings. The molecule has 134 valence electrons. The van der Waals surface area contributed by atoms with E-state index < -0.39 is 0 Å². The van der Waals surface area contributed by atoms with Gasteiger partial charge in [-0.25, -0.2) is 0 Å². The number of hydrogen-bond donors (Lipinski definition) is 2. The lowest BCUT2D eigenvalue weighted by molar-refractivity contribution is -0.123. The standard InChI is InChI=1S/C20H35NO.ClH/c1-19-10-8-14(22)12-13(19)4-5-15-16-6-7-18(21-3)20(16,2)11-9-17(15)19;/h13-18,21-22H,4-12H2,1-3H3;1H/t13-,14+,15?,16?,17?,18+,19-,20-;/m0./s1. The second-order valence-electron chi connectivity index (χ2n) is 9.55. The van der Waals surface area contributed by atoms with Crippen LogP contribution in [0.15, 0.2) is 0 Å². The van der Waals surface area contributed by atoms with E-state index >= 15 is 0 Å². The van der Waals surface area contributed by atoms with Crippen LogP contribution in [-0.2, 0) is 0 Å². The van der Waals surface area contributed by atoms with E-state index in [-0.39, 0.29) is 18.5 Å². The van der Waals surface area contributed by atoms with Crippen LogP contribution in [0.25, 0.3) is 0 Å². The maximum atomic E-state index is 10.1. The van der Waals surface area contributed by atoms with Crippen LogP contribution in [0.2, 0.25) is 0 Å². The van der Waals surface area contributed by atoms with E-state index in [9.17, 15) is 5.11 Å². The molecule has 0 radical (unpaired) electrons. The minimum atomic E-state index is -0.0105. The third kappa shape index (κ3) is 2.50. The predicted molar refractivity (Wildman–Crippen MR) is 97.8 cm³/mol. The Labute approximate surface area is 148 Å². The van der Waals surface area contributed by atoms with Crippen LogP contribution >= 0.6 is 12.4 Å². The van der Waals surface area contributed by atoms with Crippen LogP contribution in [0.3, 0.4) is 0 Å². The van der Waals surface area contributed by atoms with Crippen LogP contribution in [0.5, 0.6) is 0 Å². The Morgan fingerprint density at radius 1 is 0.870 bits per heavy atom.